The molecular formula is C18H21N5O3. The zero-order valence-electron chi connectivity index (χ0n) is 15.0. The summed E-state index contributed by atoms with van der Waals surface area (Å²) in [4.78, 5) is 0. The summed E-state index contributed by atoms with van der Waals surface area (Å²) < 4.78 is 19.0. The van der Waals surface area contributed by atoms with Gasteiger partial charge in [0.2, 0.25) is 0 Å². The summed E-state index contributed by atoms with van der Waals surface area (Å²) in [6.45, 7) is 5.17. The quantitative estimate of drug-likeness (QED) is 0.727. The van der Waals surface area contributed by atoms with Crippen LogP contribution in [0.5, 0.6) is 11.5 Å². The van der Waals surface area contributed by atoms with Gasteiger partial charge in [0.05, 0.1) is 18.4 Å². The Hall–Kier alpha value is -3.03. The lowest BCUT2D eigenvalue weighted by Crippen LogP contribution is -2.07. The maximum Gasteiger partial charge on any atom is 0.316 e. The molecule has 1 aliphatic heterocycles. The van der Waals surface area contributed by atoms with Crippen LogP contribution in [-0.4, -0.2) is 32.7 Å². The Morgan fingerprint density at radius 1 is 1.35 bits per heavy atom. The van der Waals surface area contributed by atoms with Gasteiger partial charge in [-0.1, -0.05) is 5.10 Å². The maximum absolute atomic E-state index is 5.96. The number of ether oxygens (including phenoxy) is 2. The summed E-state index contributed by atoms with van der Waals surface area (Å²) >= 11 is 0. The molecule has 0 saturated carbocycles. The minimum absolute atomic E-state index is 0.168. The van der Waals surface area contributed by atoms with Gasteiger partial charge in [-0.3, -0.25) is 4.68 Å². The first-order valence-electron chi connectivity index (χ1n) is 8.64. The van der Waals surface area contributed by atoms with Crippen molar-refractivity contribution in [3.63, 3.8) is 0 Å². The van der Waals surface area contributed by atoms with E-state index < -0.39 is 0 Å². The molecule has 0 bridgehead atoms. The predicted molar refractivity (Wildman–Crippen MR) is 95.2 cm³/mol. The van der Waals surface area contributed by atoms with Crippen molar-refractivity contribution in [2.45, 2.75) is 32.9 Å². The van der Waals surface area contributed by atoms with Crippen molar-refractivity contribution in [3.05, 3.63) is 35.7 Å². The highest BCUT2D eigenvalue weighted by molar-refractivity contribution is 5.52. The Balaban J connectivity index is 1.52. The van der Waals surface area contributed by atoms with Crippen LogP contribution in [0.2, 0.25) is 0 Å². The molecule has 4 rings (SSSR count). The Labute approximate surface area is 151 Å². The molecule has 8 heteroatoms. The van der Waals surface area contributed by atoms with Gasteiger partial charge in [-0.05, 0) is 26.0 Å². The van der Waals surface area contributed by atoms with Crippen LogP contribution >= 0.6 is 0 Å². The lowest BCUT2D eigenvalue weighted by Gasteiger charge is -2.12. The van der Waals surface area contributed by atoms with E-state index >= 15 is 0 Å². The molecule has 0 spiro atoms. The second-order valence-corrected chi connectivity index (χ2v) is 6.30. The van der Waals surface area contributed by atoms with Crippen molar-refractivity contribution in [2.75, 3.05) is 11.9 Å². The van der Waals surface area contributed by atoms with Crippen LogP contribution in [0, 0.1) is 0 Å². The molecule has 136 valence electrons. The van der Waals surface area contributed by atoms with Crippen LogP contribution in [0.25, 0.3) is 11.5 Å². The van der Waals surface area contributed by atoms with Crippen LogP contribution in [-0.2, 0) is 20.0 Å². The van der Waals surface area contributed by atoms with Gasteiger partial charge in [-0.15, -0.1) is 5.10 Å². The van der Waals surface area contributed by atoms with Gasteiger partial charge >= 0.3 is 6.01 Å². The van der Waals surface area contributed by atoms with Crippen LogP contribution in [0.1, 0.15) is 25.0 Å². The van der Waals surface area contributed by atoms with Gasteiger partial charge in [-0.25, -0.2) is 0 Å². The molecule has 0 radical (unpaired) electrons. The van der Waals surface area contributed by atoms with E-state index in [0.29, 0.717) is 25.1 Å². The average Bonchev–Trinajstić information content (AvgIpc) is 3.31. The van der Waals surface area contributed by atoms with Crippen molar-refractivity contribution in [1.82, 2.24) is 20.0 Å². The van der Waals surface area contributed by atoms with Gasteiger partial charge in [-0.2, -0.15) is 5.10 Å². The fourth-order valence-electron chi connectivity index (χ4n) is 3.07. The molecule has 26 heavy (non-hydrogen) atoms. The monoisotopic (exact) mass is 355 g/mol. The highest BCUT2D eigenvalue weighted by atomic mass is 16.5. The van der Waals surface area contributed by atoms with Crippen molar-refractivity contribution in [1.29, 1.82) is 0 Å². The van der Waals surface area contributed by atoms with Crippen LogP contribution in [0.3, 0.4) is 0 Å². The summed E-state index contributed by atoms with van der Waals surface area (Å²) in [7, 11) is 1.84. The molecule has 1 atom stereocenters. The van der Waals surface area contributed by atoms with E-state index in [2.05, 4.69) is 33.6 Å². The highest BCUT2D eigenvalue weighted by Crippen LogP contribution is 2.36. The van der Waals surface area contributed by atoms with Crippen molar-refractivity contribution in [3.8, 4) is 23.0 Å². The van der Waals surface area contributed by atoms with E-state index in [1.54, 1.807) is 10.9 Å². The fraction of sp³-hybridized carbons (Fsp3) is 0.389. The average molecular weight is 355 g/mol. The first-order chi connectivity index (χ1) is 12.6. The molecule has 0 aliphatic carbocycles. The topological polar surface area (TPSA) is 87.2 Å². The van der Waals surface area contributed by atoms with Gasteiger partial charge < -0.3 is 19.2 Å². The number of rotatable bonds is 6. The van der Waals surface area contributed by atoms with Crippen molar-refractivity contribution >= 4 is 6.01 Å². The molecule has 3 heterocycles. The molecular weight excluding hydrogens is 334 g/mol. The van der Waals surface area contributed by atoms with Gasteiger partial charge in [0.1, 0.15) is 17.6 Å². The SMILES string of the molecule is CCOc1cc(CNc2nnc(-c3cnn(C)c3)o2)c2c(c1)C[C@@H](C)O2. The van der Waals surface area contributed by atoms with Crippen molar-refractivity contribution < 1.29 is 13.9 Å². The molecule has 0 fully saturated rings. The molecule has 0 saturated heterocycles. The Bertz CT molecular complexity index is 917. The van der Waals surface area contributed by atoms with E-state index in [-0.39, 0.29) is 6.10 Å². The fourth-order valence-corrected chi connectivity index (χ4v) is 3.07. The maximum atomic E-state index is 5.96. The van der Waals surface area contributed by atoms with Gasteiger partial charge in [0, 0.05) is 37.3 Å². The van der Waals surface area contributed by atoms with Crippen LogP contribution in [0.15, 0.2) is 28.9 Å². The Morgan fingerprint density at radius 2 is 2.23 bits per heavy atom. The first kappa shape index (κ1) is 16.4. The van der Waals surface area contributed by atoms with Crippen LogP contribution < -0.4 is 14.8 Å². The molecule has 2 aromatic heterocycles. The minimum atomic E-state index is 0.168. The third-order valence-electron chi connectivity index (χ3n) is 4.16. The van der Waals surface area contributed by atoms with Gasteiger partial charge in [0.15, 0.2) is 0 Å². The summed E-state index contributed by atoms with van der Waals surface area (Å²) in [5, 5.41) is 15.4. The van der Waals surface area contributed by atoms with E-state index in [1.165, 1.54) is 5.56 Å². The summed E-state index contributed by atoms with van der Waals surface area (Å²) in [5.41, 5.74) is 2.96. The summed E-state index contributed by atoms with van der Waals surface area (Å²) in [6, 6.07) is 4.40. The number of nitrogens with one attached hydrogen (secondary N) is 1. The Morgan fingerprint density at radius 3 is 3.00 bits per heavy atom. The zero-order valence-corrected chi connectivity index (χ0v) is 15.0. The predicted octanol–water partition coefficient (Wildman–Crippen LogP) is 2.80. The number of hydrogen-bond acceptors (Lipinski definition) is 7. The molecule has 0 unspecified atom stereocenters. The first-order valence-corrected chi connectivity index (χ1v) is 8.64. The molecule has 0 amide bonds. The lowest BCUT2D eigenvalue weighted by molar-refractivity contribution is 0.252. The molecule has 1 N–H and O–H groups in total. The zero-order chi connectivity index (χ0) is 18.1. The number of hydrogen-bond donors (Lipinski definition) is 1. The number of aromatic nitrogens is 4. The normalized spacial score (nSPS) is 15.6. The summed E-state index contributed by atoms with van der Waals surface area (Å²) in [5.74, 6) is 2.20. The van der Waals surface area contributed by atoms with E-state index in [4.69, 9.17) is 13.9 Å². The number of anilines is 1. The molecule has 3 aromatic rings. The lowest BCUT2D eigenvalue weighted by atomic mass is 10.1. The number of aryl methyl sites for hydroxylation is 1. The van der Waals surface area contributed by atoms with E-state index in [9.17, 15) is 0 Å². The molecule has 1 aromatic carbocycles. The van der Waals surface area contributed by atoms with E-state index in [0.717, 1.165) is 29.0 Å². The van der Waals surface area contributed by atoms with Crippen LogP contribution in [0.4, 0.5) is 6.01 Å². The number of fused-ring (bicyclic) bond motifs is 1. The third kappa shape index (κ3) is 3.22. The molecule has 1 aliphatic rings. The number of benzene rings is 1. The highest BCUT2D eigenvalue weighted by Gasteiger charge is 2.23. The van der Waals surface area contributed by atoms with E-state index in [1.807, 2.05) is 26.2 Å². The van der Waals surface area contributed by atoms with Gasteiger partial charge in [0.25, 0.3) is 5.89 Å². The second kappa shape index (κ2) is 6.70. The Kier molecular flexibility index (Phi) is 4.24. The summed E-state index contributed by atoms with van der Waals surface area (Å²) in [6.07, 6.45) is 4.56. The largest absolute Gasteiger partial charge is 0.494 e. The minimum Gasteiger partial charge on any atom is -0.494 e. The number of nitrogens with zero attached hydrogens (tertiary/aromatic N) is 4. The smallest absolute Gasteiger partial charge is 0.316 e. The van der Waals surface area contributed by atoms with Crippen molar-refractivity contribution in [2.24, 2.45) is 7.05 Å². The third-order valence-corrected chi connectivity index (χ3v) is 4.16. The standard InChI is InChI=1S/C18H21N5O3/c1-4-24-15-6-12-5-11(2)25-16(12)13(7-15)8-19-18-22-21-17(26-18)14-9-20-23(3)10-14/h6-7,9-11H,4-5,8H2,1-3H3,(H,19,22)/t11-/m1/s1. The molecule has 8 nitrogen and oxygen atoms in total. The second-order valence-electron chi connectivity index (χ2n) is 6.30.